The predicted molar refractivity (Wildman–Crippen MR) is 128 cm³/mol. The number of hydrogen-bond donors (Lipinski definition) is 3. The fourth-order valence-electron chi connectivity index (χ4n) is 3.62. The molecule has 3 rings (SSSR count). The topological polar surface area (TPSA) is 106 Å². The Bertz CT molecular complexity index is 1280. The summed E-state index contributed by atoms with van der Waals surface area (Å²) in [6.07, 6.45) is -8.01. The zero-order valence-corrected chi connectivity index (χ0v) is 20.5. The highest BCUT2D eigenvalue weighted by atomic mass is 35.5. The van der Waals surface area contributed by atoms with Crippen LogP contribution in [0.2, 0.25) is 5.02 Å². The van der Waals surface area contributed by atoms with E-state index >= 15 is 0 Å². The molecule has 38 heavy (non-hydrogen) atoms. The first-order valence-electron chi connectivity index (χ1n) is 11.0. The average Bonchev–Trinajstić information content (AvgIpc) is 2.83. The highest BCUT2D eigenvalue weighted by Gasteiger charge is 2.45. The van der Waals surface area contributed by atoms with E-state index in [0.29, 0.717) is 11.6 Å². The number of pyridine rings is 1. The molecule has 0 aliphatic carbocycles. The van der Waals surface area contributed by atoms with Crippen LogP contribution < -0.4 is 21.1 Å². The first-order chi connectivity index (χ1) is 17.8. The van der Waals surface area contributed by atoms with Crippen LogP contribution in [0.25, 0.3) is 0 Å². The first-order valence-corrected chi connectivity index (χ1v) is 11.4. The van der Waals surface area contributed by atoms with E-state index in [-0.39, 0.29) is 22.7 Å². The van der Waals surface area contributed by atoms with Crippen LogP contribution in [0.4, 0.5) is 26.7 Å². The first kappa shape index (κ1) is 28.6. The van der Waals surface area contributed by atoms with Gasteiger partial charge in [-0.15, -0.1) is 0 Å². The van der Waals surface area contributed by atoms with Crippen LogP contribution in [-0.4, -0.2) is 35.5 Å². The van der Waals surface area contributed by atoms with Crippen molar-refractivity contribution in [3.63, 3.8) is 0 Å². The minimum atomic E-state index is -4.92. The number of benzene rings is 2. The molecule has 0 saturated heterocycles. The second-order valence-electron chi connectivity index (χ2n) is 8.29. The van der Waals surface area contributed by atoms with Gasteiger partial charge in [-0.2, -0.15) is 17.6 Å². The summed E-state index contributed by atoms with van der Waals surface area (Å²) in [7, 11) is 0. The van der Waals surface area contributed by atoms with E-state index in [2.05, 4.69) is 20.4 Å². The summed E-state index contributed by atoms with van der Waals surface area (Å²) in [6, 6.07) is 11.5. The van der Waals surface area contributed by atoms with Crippen LogP contribution >= 0.6 is 11.6 Å². The van der Waals surface area contributed by atoms with Crippen molar-refractivity contribution in [2.24, 2.45) is 5.73 Å². The molecule has 0 bridgehead atoms. The third-order valence-corrected chi connectivity index (χ3v) is 5.67. The van der Waals surface area contributed by atoms with E-state index < -0.39 is 47.6 Å². The predicted octanol–water partition coefficient (Wildman–Crippen LogP) is 4.77. The van der Waals surface area contributed by atoms with Crippen molar-refractivity contribution in [1.82, 2.24) is 15.6 Å². The van der Waals surface area contributed by atoms with Crippen molar-refractivity contribution in [1.29, 1.82) is 0 Å². The van der Waals surface area contributed by atoms with E-state index in [4.69, 9.17) is 17.3 Å². The lowest BCUT2D eigenvalue weighted by molar-refractivity contribution is -0.253. The Balaban J connectivity index is 2.24. The van der Waals surface area contributed by atoms with E-state index in [9.17, 15) is 31.5 Å². The van der Waals surface area contributed by atoms with Gasteiger partial charge in [-0.1, -0.05) is 41.9 Å². The Morgan fingerprint density at radius 2 is 1.79 bits per heavy atom. The molecule has 0 aliphatic heterocycles. The van der Waals surface area contributed by atoms with Gasteiger partial charge < -0.3 is 21.1 Å². The molecule has 7 nitrogen and oxygen atoms in total. The van der Waals surface area contributed by atoms with Gasteiger partial charge in [0.05, 0.1) is 10.7 Å². The van der Waals surface area contributed by atoms with Gasteiger partial charge >= 0.3 is 18.6 Å². The van der Waals surface area contributed by atoms with Crippen molar-refractivity contribution in [2.45, 2.75) is 37.5 Å². The summed E-state index contributed by atoms with van der Waals surface area (Å²) in [4.78, 5) is 28.8. The Labute approximate surface area is 219 Å². The molecule has 202 valence electrons. The van der Waals surface area contributed by atoms with Gasteiger partial charge in [0.15, 0.2) is 0 Å². The fraction of sp³-hybridized carbons (Fsp3) is 0.240. The van der Waals surface area contributed by atoms with Crippen molar-refractivity contribution in [3.05, 3.63) is 94.5 Å². The number of amides is 3. The number of halogens is 6. The lowest BCUT2D eigenvalue weighted by atomic mass is 9.80. The number of carbonyl (C=O) groups is 2. The van der Waals surface area contributed by atoms with Gasteiger partial charge in [0.25, 0.3) is 0 Å². The molecule has 13 heteroatoms. The molecule has 0 aliphatic rings. The van der Waals surface area contributed by atoms with Gasteiger partial charge in [0, 0.05) is 18.7 Å². The summed E-state index contributed by atoms with van der Waals surface area (Å²) in [6.45, 7) is 1.32. The van der Waals surface area contributed by atoms with Crippen LogP contribution in [0.1, 0.15) is 23.7 Å². The lowest BCUT2D eigenvalue weighted by Gasteiger charge is -2.36. The molecule has 0 unspecified atom stereocenters. The number of nitrogens with zero attached hydrogens (tertiary/aromatic N) is 1. The van der Waals surface area contributed by atoms with Crippen molar-refractivity contribution >= 4 is 23.5 Å². The van der Waals surface area contributed by atoms with Crippen LogP contribution in [0.15, 0.2) is 66.9 Å². The summed E-state index contributed by atoms with van der Waals surface area (Å²) < 4.78 is 71.9. The second-order valence-corrected chi connectivity index (χ2v) is 8.73. The van der Waals surface area contributed by atoms with Crippen molar-refractivity contribution in [2.75, 3.05) is 0 Å². The minimum Gasteiger partial charge on any atom is -0.428 e. The van der Waals surface area contributed by atoms with Gasteiger partial charge in [0.1, 0.15) is 23.1 Å². The van der Waals surface area contributed by atoms with Crippen LogP contribution in [0.5, 0.6) is 5.75 Å². The number of carbonyl (C=O) groups excluding carboxylic acids is 2. The van der Waals surface area contributed by atoms with E-state index in [0.717, 1.165) is 12.1 Å². The maximum atomic E-state index is 14.8. The third-order valence-electron chi connectivity index (χ3n) is 5.45. The number of nitrogens with two attached hydrogens (primary N) is 1. The zero-order valence-electron chi connectivity index (χ0n) is 19.7. The number of urea groups is 1. The number of primary amides is 1. The highest BCUT2D eigenvalue weighted by molar-refractivity contribution is 6.30. The molecule has 2 aromatic carbocycles. The summed E-state index contributed by atoms with van der Waals surface area (Å²) in [5, 5.41) is 5.18. The van der Waals surface area contributed by atoms with Gasteiger partial charge in [-0.05, 0) is 42.3 Å². The largest absolute Gasteiger partial charge is 0.461 e. The van der Waals surface area contributed by atoms with Crippen LogP contribution in [0.3, 0.4) is 0 Å². The summed E-state index contributed by atoms with van der Waals surface area (Å²) in [5.74, 6) is -2.90. The molecule has 0 radical (unpaired) electrons. The fourth-order valence-corrected chi connectivity index (χ4v) is 3.73. The molecule has 1 aromatic heterocycles. The molecule has 1 heterocycles. The zero-order chi connectivity index (χ0) is 28.1. The molecule has 0 fully saturated rings. The number of nitrogens with one attached hydrogen (secondary N) is 2. The minimum absolute atomic E-state index is 0.0739. The normalized spacial score (nSPS) is 13.9. The van der Waals surface area contributed by atoms with E-state index in [1.54, 1.807) is 30.3 Å². The van der Waals surface area contributed by atoms with Crippen LogP contribution in [0, 0.1) is 5.82 Å². The van der Waals surface area contributed by atoms with Gasteiger partial charge in [0.2, 0.25) is 5.91 Å². The number of hydrogen-bond acceptors (Lipinski definition) is 4. The number of aromatic nitrogens is 1. The Morgan fingerprint density at radius 3 is 2.37 bits per heavy atom. The molecule has 0 spiro atoms. The Morgan fingerprint density at radius 1 is 1.11 bits per heavy atom. The van der Waals surface area contributed by atoms with Gasteiger partial charge in [-0.3, -0.25) is 9.78 Å². The van der Waals surface area contributed by atoms with Crippen LogP contribution in [-0.2, 0) is 16.8 Å². The van der Waals surface area contributed by atoms with Crippen molar-refractivity contribution < 1.29 is 36.3 Å². The number of ether oxygens (including phenoxy) is 1. The monoisotopic (exact) mass is 556 g/mol. The molecule has 4 N–H and O–H groups in total. The molecule has 2 atom stereocenters. The quantitative estimate of drug-likeness (QED) is 0.313. The summed E-state index contributed by atoms with van der Waals surface area (Å²) >= 11 is 5.98. The number of alkyl halides is 4. The highest BCUT2D eigenvalue weighted by Crippen LogP contribution is 2.37. The smallest absolute Gasteiger partial charge is 0.428 e. The molecule has 3 amide bonds. The maximum Gasteiger partial charge on any atom is 0.461 e. The standard InChI is InChI=1S/C25H22ClF5N4O3/c1-14(21(32)36)34-23(37)35-24(12-15-5-3-2-4-6-15,20-8-7-17(26)13-33-20)16-9-18(27)11-19(10-16)38-25(30,31)22(28)29/h2-11,13-14,22H,12H2,1H3,(H2,32,36)(H2,34,35,37)/t14-,24-/m0/s1. The van der Waals surface area contributed by atoms with Crippen molar-refractivity contribution in [3.8, 4) is 5.75 Å². The third kappa shape index (κ3) is 6.88. The second kappa shape index (κ2) is 11.6. The Hall–Kier alpha value is -3.93. The molecule has 0 saturated carbocycles. The molecular formula is C25H22ClF5N4O3. The SMILES string of the molecule is C[C@H](NC(=O)N[C@@](Cc1ccccc1)(c1cc(F)cc(OC(F)(F)C(F)F)c1)c1ccc(Cl)cn1)C(N)=O. The molecule has 3 aromatic rings. The molecular weight excluding hydrogens is 535 g/mol. The lowest BCUT2D eigenvalue weighted by Crippen LogP contribution is -2.55. The summed E-state index contributed by atoms with van der Waals surface area (Å²) in [5.41, 5.74) is 3.89. The maximum absolute atomic E-state index is 14.8. The van der Waals surface area contributed by atoms with E-state index in [1.807, 2.05) is 0 Å². The Kier molecular flexibility index (Phi) is 8.77. The van der Waals surface area contributed by atoms with Gasteiger partial charge in [-0.25, -0.2) is 9.18 Å². The van der Waals surface area contributed by atoms with E-state index in [1.165, 1.54) is 25.3 Å². The number of rotatable bonds is 10. The average molecular weight is 557 g/mol.